The lowest BCUT2D eigenvalue weighted by atomic mass is 10.2. The number of hydrogen-bond donors (Lipinski definition) is 1. The molecule has 2 aromatic rings. The molecule has 1 fully saturated rings. The van der Waals surface area contributed by atoms with E-state index in [0.717, 1.165) is 63.4 Å². The molecule has 146 valence electrons. The van der Waals surface area contributed by atoms with Crippen molar-refractivity contribution in [1.82, 2.24) is 14.9 Å². The normalized spacial score (nSPS) is 15.1. The van der Waals surface area contributed by atoms with E-state index in [0.29, 0.717) is 6.04 Å². The van der Waals surface area contributed by atoms with Gasteiger partial charge in [-0.15, -0.1) is 0 Å². The maximum Gasteiger partial charge on any atom is 0.134 e. The van der Waals surface area contributed by atoms with Gasteiger partial charge in [-0.05, 0) is 26.3 Å². The summed E-state index contributed by atoms with van der Waals surface area (Å²) in [6.07, 6.45) is 0. The smallest absolute Gasteiger partial charge is 0.134 e. The van der Waals surface area contributed by atoms with Gasteiger partial charge < -0.3 is 15.0 Å². The predicted molar refractivity (Wildman–Crippen MR) is 110 cm³/mol. The quantitative estimate of drug-likeness (QED) is 0.772. The molecule has 0 bridgehead atoms. The first-order valence-electron chi connectivity index (χ1n) is 9.82. The van der Waals surface area contributed by atoms with Crippen molar-refractivity contribution in [1.29, 1.82) is 0 Å². The van der Waals surface area contributed by atoms with E-state index in [1.54, 1.807) is 0 Å². The fourth-order valence-electron chi connectivity index (χ4n) is 3.26. The number of nitrogens with one attached hydrogen (secondary N) is 1. The molecule has 1 aliphatic heterocycles. The highest BCUT2D eigenvalue weighted by atomic mass is 16.5. The Kier molecular flexibility index (Phi) is 7.01. The predicted octanol–water partition coefficient (Wildman–Crippen LogP) is 2.94. The van der Waals surface area contributed by atoms with Gasteiger partial charge in [0.15, 0.2) is 0 Å². The van der Waals surface area contributed by atoms with E-state index in [1.165, 1.54) is 5.56 Å². The molecule has 3 rings (SSSR count). The molecule has 0 atom stereocenters. The Labute approximate surface area is 162 Å². The Hall–Kier alpha value is -2.18. The van der Waals surface area contributed by atoms with Crippen molar-refractivity contribution in [2.75, 3.05) is 49.6 Å². The zero-order valence-electron chi connectivity index (χ0n) is 16.7. The van der Waals surface area contributed by atoms with E-state index in [2.05, 4.69) is 70.3 Å². The van der Waals surface area contributed by atoms with Crippen LogP contribution in [0.3, 0.4) is 0 Å². The zero-order chi connectivity index (χ0) is 19.1. The van der Waals surface area contributed by atoms with E-state index >= 15 is 0 Å². The van der Waals surface area contributed by atoms with Crippen LogP contribution in [-0.2, 0) is 11.3 Å². The van der Waals surface area contributed by atoms with Crippen molar-refractivity contribution in [3.63, 3.8) is 0 Å². The number of rotatable bonds is 8. The molecule has 0 spiro atoms. The number of nitrogens with zero attached hydrogens (tertiary/aromatic N) is 4. The Morgan fingerprint density at radius 1 is 1.15 bits per heavy atom. The first kappa shape index (κ1) is 19.6. The van der Waals surface area contributed by atoms with Gasteiger partial charge >= 0.3 is 0 Å². The van der Waals surface area contributed by atoms with E-state index in [9.17, 15) is 0 Å². The second kappa shape index (κ2) is 9.67. The first-order valence-corrected chi connectivity index (χ1v) is 9.82. The lowest BCUT2D eigenvalue weighted by Gasteiger charge is -2.29. The largest absolute Gasteiger partial charge is 0.379 e. The fourth-order valence-corrected chi connectivity index (χ4v) is 3.26. The molecule has 0 aliphatic carbocycles. The minimum Gasteiger partial charge on any atom is -0.379 e. The van der Waals surface area contributed by atoms with E-state index < -0.39 is 0 Å². The van der Waals surface area contributed by atoms with Gasteiger partial charge in [0, 0.05) is 44.8 Å². The topological polar surface area (TPSA) is 53.5 Å². The van der Waals surface area contributed by atoms with Crippen molar-refractivity contribution in [3.05, 3.63) is 47.8 Å². The van der Waals surface area contributed by atoms with Crippen LogP contribution < -0.4 is 10.2 Å². The van der Waals surface area contributed by atoms with Crippen LogP contribution in [0, 0.1) is 6.92 Å². The van der Waals surface area contributed by atoms with Crippen LogP contribution in [0.25, 0.3) is 0 Å². The molecule has 1 aromatic heterocycles. The van der Waals surface area contributed by atoms with Crippen molar-refractivity contribution in [2.24, 2.45) is 0 Å². The summed E-state index contributed by atoms with van der Waals surface area (Å²) in [5.41, 5.74) is 1.28. The average molecular weight is 370 g/mol. The molecule has 6 heteroatoms. The van der Waals surface area contributed by atoms with Crippen molar-refractivity contribution in [3.8, 4) is 0 Å². The van der Waals surface area contributed by atoms with Crippen LogP contribution >= 0.6 is 0 Å². The Bertz CT molecular complexity index is 701. The summed E-state index contributed by atoms with van der Waals surface area (Å²) in [4.78, 5) is 14.0. The molecule has 2 heterocycles. The molecule has 0 amide bonds. The second-order valence-electron chi connectivity index (χ2n) is 7.25. The highest BCUT2D eigenvalue weighted by Crippen LogP contribution is 2.21. The van der Waals surface area contributed by atoms with Gasteiger partial charge in [0.25, 0.3) is 0 Å². The molecule has 0 saturated carbocycles. The maximum atomic E-state index is 5.41. The minimum absolute atomic E-state index is 0.348. The monoisotopic (exact) mass is 369 g/mol. The van der Waals surface area contributed by atoms with Crippen molar-refractivity contribution < 1.29 is 4.74 Å². The number of morpholine rings is 1. The lowest BCUT2D eigenvalue weighted by molar-refractivity contribution is 0.0398. The van der Waals surface area contributed by atoms with Crippen molar-refractivity contribution >= 4 is 11.6 Å². The molecule has 6 nitrogen and oxygen atoms in total. The third kappa shape index (κ3) is 5.91. The summed E-state index contributed by atoms with van der Waals surface area (Å²) in [5.74, 6) is 2.65. The highest BCUT2D eigenvalue weighted by molar-refractivity contribution is 5.50. The summed E-state index contributed by atoms with van der Waals surface area (Å²) in [7, 11) is 0. The lowest BCUT2D eigenvalue weighted by Crippen LogP contribution is -2.39. The number of aryl methyl sites for hydroxylation is 1. The molecule has 0 radical (unpaired) electrons. The zero-order valence-corrected chi connectivity index (χ0v) is 16.7. The molecule has 1 N–H and O–H groups in total. The molecular weight excluding hydrogens is 338 g/mol. The van der Waals surface area contributed by atoms with Gasteiger partial charge in [0.05, 0.1) is 13.2 Å². The van der Waals surface area contributed by atoms with Crippen molar-refractivity contribution in [2.45, 2.75) is 33.4 Å². The molecule has 1 aromatic carbocycles. The number of benzene rings is 1. The van der Waals surface area contributed by atoms with Gasteiger partial charge in [-0.25, -0.2) is 9.97 Å². The molecule has 1 aliphatic rings. The average Bonchev–Trinajstić information content (AvgIpc) is 2.67. The minimum atomic E-state index is 0.348. The van der Waals surface area contributed by atoms with Crippen LogP contribution in [0.2, 0.25) is 0 Å². The Morgan fingerprint density at radius 3 is 2.59 bits per heavy atom. The highest BCUT2D eigenvalue weighted by Gasteiger charge is 2.15. The second-order valence-corrected chi connectivity index (χ2v) is 7.25. The van der Waals surface area contributed by atoms with E-state index in [-0.39, 0.29) is 0 Å². The summed E-state index contributed by atoms with van der Waals surface area (Å²) in [5, 5.41) is 3.47. The van der Waals surface area contributed by atoms with Crippen LogP contribution in [0.5, 0.6) is 0 Å². The number of hydrogen-bond acceptors (Lipinski definition) is 6. The van der Waals surface area contributed by atoms with Gasteiger partial charge in [-0.3, -0.25) is 4.90 Å². The fraction of sp³-hybridized carbons (Fsp3) is 0.524. The van der Waals surface area contributed by atoms with E-state index in [1.807, 2.05) is 6.92 Å². The van der Waals surface area contributed by atoms with Crippen LogP contribution in [0.15, 0.2) is 36.4 Å². The van der Waals surface area contributed by atoms with E-state index in [4.69, 9.17) is 9.72 Å². The third-order valence-corrected chi connectivity index (χ3v) is 4.78. The molecule has 1 saturated heterocycles. The van der Waals surface area contributed by atoms with Crippen LogP contribution in [-0.4, -0.2) is 60.3 Å². The van der Waals surface area contributed by atoms with Crippen LogP contribution in [0.4, 0.5) is 11.6 Å². The summed E-state index contributed by atoms with van der Waals surface area (Å²) in [6.45, 7) is 12.7. The van der Waals surface area contributed by atoms with Crippen LogP contribution in [0.1, 0.15) is 25.2 Å². The van der Waals surface area contributed by atoms with Gasteiger partial charge in [0.1, 0.15) is 17.5 Å². The third-order valence-electron chi connectivity index (χ3n) is 4.78. The summed E-state index contributed by atoms with van der Waals surface area (Å²) in [6, 6.07) is 12.9. The first-order chi connectivity index (χ1) is 13.1. The molecular formula is C21H31N5O. The van der Waals surface area contributed by atoms with Gasteiger partial charge in [-0.1, -0.05) is 30.3 Å². The maximum absolute atomic E-state index is 5.41. The van der Waals surface area contributed by atoms with Gasteiger partial charge in [-0.2, -0.15) is 0 Å². The molecule has 0 unspecified atom stereocenters. The SMILES string of the molecule is Cc1nc(NCCN2CCOCC2)cc(N(Cc2ccccc2)C(C)C)n1. The number of anilines is 2. The Balaban J connectivity index is 1.66. The number of aromatic nitrogens is 2. The number of ether oxygens (including phenoxy) is 1. The summed E-state index contributed by atoms with van der Waals surface area (Å²) >= 11 is 0. The van der Waals surface area contributed by atoms with Gasteiger partial charge in [0.2, 0.25) is 0 Å². The summed E-state index contributed by atoms with van der Waals surface area (Å²) < 4.78 is 5.41. The Morgan fingerprint density at radius 2 is 1.89 bits per heavy atom. The standard InChI is InChI=1S/C21H31N5O/c1-17(2)26(16-19-7-5-4-6-8-19)21-15-20(23-18(3)24-21)22-9-10-25-11-13-27-14-12-25/h4-8,15,17H,9-14,16H2,1-3H3,(H,22,23,24). The molecule has 27 heavy (non-hydrogen) atoms.